The van der Waals surface area contributed by atoms with Gasteiger partial charge < -0.3 is 10.3 Å². The molecule has 7 heteroatoms. The zero-order chi connectivity index (χ0) is 42.4. The third-order valence-corrected chi connectivity index (χ3v) is 11.1. The molecule has 2 heterocycles. The van der Waals surface area contributed by atoms with Crippen molar-refractivity contribution >= 4 is 17.5 Å². The molecule has 0 aliphatic carbocycles. The molecule has 0 spiro atoms. The van der Waals surface area contributed by atoms with Crippen molar-refractivity contribution in [1.29, 1.82) is 5.41 Å². The van der Waals surface area contributed by atoms with Gasteiger partial charge in [0.1, 0.15) is 12.0 Å². The third kappa shape index (κ3) is 8.71. The molecule has 10 rings (SSSR count). The van der Waals surface area contributed by atoms with E-state index in [-0.39, 0.29) is 12.0 Å². The molecule has 0 radical (unpaired) electrons. The van der Waals surface area contributed by atoms with E-state index in [1.807, 2.05) is 103 Å². The minimum Gasteiger partial charge on any atom is -0.344 e. The number of rotatable bonds is 9. The summed E-state index contributed by atoms with van der Waals surface area (Å²) >= 11 is 0. The summed E-state index contributed by atoms with van der Waals surface area (Å²) in [7, 11) is 0. The molecule has 1 unspecified atom stereocenters. The van der Waals surface area contributed by atoms with Crippen molar-refractivity contribution in [2.75, 3.05) is 0 Å². The van der Waals surface area contributed by atoms with E-state index in [9.17, 15) is 0 Å². The topological polar surface area (TPSA) is 102 Å². The predicted molar refractivity (Wildman–Crippen MR) is 256 cm³/mol. The molecule has 0 amide bonds. The van der Waals surface area contributed by atoms with Crippen LogP contribution in [0.15, 0.2) is 239 Å². The molecule has 1 aromatic heterocycles. The Kier molecular flexibility index (Phi) is 10.8. The number of benzene rings is 8. The predicted octanol–water partition coefficient (Wildman–Crippen LogP) is 12.2. The molecule has 63 heavy (non-hydrogen) atoms. The number of aliphatic imine (C=N–C) groups is 2. The average Bonchev–Trinajstić information content (AvgIpc) is 3.37. The minimum atomic E-state index is -0.358. The average molecular weight is 812 g/mol. The molecule has 3 N–H and O–H groups in total. The van der Waals surface area contributed by atoms with Gasteiger partial charge in [-0.1, -0.05) is 206 Å². The number of hydrogen-bond donors (Lipinski definition) is 3. The smallest absolute Gasteiger partial charge is 0.229 e. The number of aromatic amines is 1. The Labute approximate surface area is 366 Å². The van der Waals surface area contributed by atoms with Crippen LogP contribution in [0.2, 0.25) is 0 Å². The summed E-state index contributed by atoms with van der Waals surface area (Å²) in [5, 5.41) is 12.6. The second-order valence-electron chi connectivity index (χ2n) is 15.2. The van der Waals surface area contributed by atoms with Crippen molar-refractivity contribution in [2.45, 2.75) is 6.17 Å². The van der Waals surface area contributed by atoms with Gasteiger partial charge >= 0.3 is 0 Å². The third-order valence-electron chi connectivity index (χ3n) is 11.1. The molecule has 1 aliphatic rings. The van der Waals surface area contributed by atoms with Gasteiger partial charge in [0.15, 0.2) is 11.7 Å². The highest BCUT2D eigenvalue weighted by atomic mass is 15.2. The van der Waals surface area contributed by atoms with E-state index in [0.29, 0.717) is 17.0 Å². The fourth-order valence-corrected chi connectivity index (χ4v) is 7.75. The number of amidine groups is 3. The van der Waals surface area contributed by atoms with Crippen LogP contribution < -0.4 is 10.9 Å². The molecule has 1 atom stereocenters. The highest BCUT2D eigenvalue weighted by molar-refractivity contribution is 6.13. The lowest BCUT2D eigenvalue weighted by Gasteiger charge is -2.24. The molecule has 0 bridgehead atoms. The SMILES string of the molecule is N=C(N=c1nc(-c2ccccc2)cc(-c2ccccc2)[nH]1)c1ccc(-c2ccc(C3=NC(c4cccc(-c5ccccc5)c4)=NC(c4cccc(-c5ccccc5)c4)N3)cc2)cc1. The van der Waals surface area contributed by atoms with E-state index in [1.54, 1.807) is 0 Å². The number of nitrogens with one attached hydrogen (secondary N) is 3. The quantitative estimate of drug-likeness (QED) is 0.0998. The van der Waals surface area contributed by atoms with Gasteiger partial charge in [0.25, 0.3) is 0 Å². The second kappa shape index (κ2) is 17.6. The Hall–Kier alpha value is -8.55. The Morgan fingerprint density at radius 1 is 0.444 bits per heavy atom. The Bertz CT molecular complexity index is 3110. The molecule has 0 fully saturated rings. The lowest BCUT2D eigenvalue weighted by molar-refractivity contribution is 0.674. The molecule has 1 aliphatic heterocycles. The Morgan fingerprint density at radius 3 is 1.57 bits per heavy atom. The van der Waals surface area contributed by atoms with Crippen LogP contribution >= 0.6 is 0 Å². The van der Waals surface area contributed by atoms with Crippen LogP contribution in [-0.4, -0.2) is 27.5 Å². The van der Waals surface area contributed by atoms with Gasteiger partial charge in [-0.2, -0.15) is 4.99 Å². The van der Waals surface area contributed by atoms with Gasteiger partial charge in [-0.15, -0.1) is 0 Å². The van der Waals surface area contributed by atoms with Crippen molar-refractivity contribution in [3.63, 3.8) is 0 Å². The normalized spacial score (nSPS) is 13.7. The van der Waals surface area contributed by atoms with Crippen LogP contribution in [0.5, 0.6) is 0 Å². The minimum absolute atomic E-state index is 0.113. The van der Waals surface area contributed by atoms with E-state index < -0.39 is 0 Å². The first-order valence-corrected chi connectivity index (χ1v) is 20.9. The van der Waals surface area contributed by atoms with Crippen molar-refractivity contribution < 1.29 is 0 Å². The van der Waals surface area contributed by atoms with Crippen molar-refractivity contribution in [3.05, 3.63) is 252 Å². The number of H-pyrrole nitrogens is 1. The molecule has 300 valence electrons. The summed E-state index contributed by atoms with van der Waals surface area (Å²) in [6, 6.07) is 76.2. The standard InChI is InChI=1S/C56H41N7/c57-52(60-56-58-50(42-19-9-3-10-20-42)37-51(59-56)43-21-11-4-12-22-43)44-31-27-40(28-32-44)41-29-33-45(34-30-41)53-61-54(48-25-13-23-46(35-48)38-15-5-1-6-16-38)63-55(62-53)49-26-14-24-47(36-49)39-17-7-2-8-18-39/h1-37,54H,(H,61,62,63)(H2,57,58,59,60). The Morgan fingerprint density at radius 2 is 0.937 bits per heavy atom. The molecule has 0 saturated carbocycles. The van der Waals surface area contributed by atoms with Gasteiger partial charge in [0.05, 0.1) is 11.4 Å². The molecular weight excluding hydrogens is 771 g/mol. The van der Waals surface area contributed by atoms with Crippen molar-refractivity contribution in [1.82, 2.24) is 15.3 Å². The van der Waals surface area contributed by atoms with Gasteiger partial charge in [-0.3, -0.25) is 5.41 Å². The summed E-state index contributed by atoms with van der Waals surface area (Å²) in [6.45, 7) is 0. The van der Waals surface area contributed by atoms with Crippen LogP contribution in [0.1, 0.15) is 28.4 Å². The Balaban J connectivity index is 0.932. The summed E-state index contributed by atoms with van der Waals surface area (Å²) in [6.07, 6.45) is -0.358. The molecule has 8 aromatic carbocycles. The monoisotopic (exact) mass is 811 g/mol. The van der Waals surface area contributed by atoms with Gasteiger partial charge in [0, 0.05) is 22.3 Å². The second-order valence-corrected chi connectivity index (χ2v) is 15.2. The van der Waals surface area contributed by atoms with Crippen LogP contribution in [0.4, 0.5) is 0 Å². The van der Waals surface area contributed by atoms with Crippen LogP contribution in [0.3, 0.4) is 0 Å². The van der Waals surface area contributed by atoms with E-state index in [2.05, 4.69) is 137 Å². The number of hydrogen-bond acceptors (Lipinski definition) is 5. The molecule has 7 nitrogen and oxygen atoms in total. The first-order chi connectivity index (χ1) is 31.1. The van der Waals surface area contributed by atoms with Gasteiger partial charge in [-0.05, 0) is 62.7 Å². The van der Waals surface area contributed by atoms with E-state index >= 15 is 0 Å². The molecule has 9 aromatic rings. The first-order valence-electron chi connectivity index (χ1n) is 20.9. The van der Waals surface area contributed by atoms with E-state index in [1.165, 1.54) is 0 Å². The maximum Gasteiger partial charge on any atom is 0.229 e. The maximum atomic E-state index is 8.95. The number of nitrogens with zero attached hydrogens (tertiary/aromatic N) is 4. The summed E-state index contributed by atoms with van der Waals surface area (Å²) in [5.74, 6) is 1.52. The van der Waals surface area contributed by atoms with Gasteiger partial charge in [0.2, 0.25) is 5.62 Å². The van der Waals surface area contributed by atoms with Crippen LogP contribution in [0, 0.1) is 5.41 Å². The summed E-state index contributed by atoms with van der Waals surface area (Å²) in [4.78, 5) is 23.1. The summed E-state index contributed by atoms with van der Waals surface area (Å²) in [5.41, 5.74) is 14.2. The van der Waals surface area contributed by atoms with E-state index in [0.717, 1.165) is 78.4 Å². The highest BCUT2D eigenvalue weighted by Crippen LogP contribution is 2.29. The number of aromatic nitrogens is 2. The molecule has 0 saturated heterocycles. The molecular formula is C56H41N7. The zero-order valence-corrected chi connectivity index (χ0v) is 34.2. The fraction of sp³-hybridized carbons (Fsp3) is 0.0179. The van der Waals surface area contributed by atoms with E-state index in [4.69, 9.17) is 20.4 Å². The fourth-order valence-electron chi connectivity index (χ4n) is 7.75. The maximum absolute atomic E-state index is 8.95. The summed E-state index contributed by atoms with van der Waals surface area (Å²) < 4.78 is 0. The van der Waals surface area contributed by atoms with Crippen molar-refractivity contribution in [3.8, 4) is 55.9 Å². The van der Waals surface area contributed by atoms with Crippen LogP contribution in [0.25, 0.3) is 55.9 Å². The van der Waals surface area contributed by atoms with Crippen molar-refractivity contribution in [2.24, 2.45) is 15.0 Å². The largest absolute Gasteiger partial charge is 0.344 e. The lowest BCUT2D eigenvalue weighted by atomic mass is 10.00. The first kappa shape index (κ1) is 38.6. The lowest BCUT2D eigenvalue weighted by Crippen LogP contribution is -2.33. The van der Waals surface area contributed by atoms with Gasteiger partial charge in [-0.25, -0.2) is 15.0 Å². The van der Waals surface area contributed by atoms with Crippen LogP contribution in [-0.2, 0) is 0 Å². The zero-order valence-electron chi connectivity index (χ0n) is 34.2. The highest BCUT2D eigenvalue weighted by Gasteiger charge is 2.22.